The summed E-state index contributed by atoms with van der Waals surface area (Å²) in [6.07, 6.45) is 0. The molecule has 4 nitrogen and oxygen atoms in total. The first kappa shape index (κ1) is 25.6. The lowest BCUT2D eigenvalue weighted by atomic mass is 9.95. The number of hydrogen-bond donors (Lipinski definition) is 0. The molecule has 0 aliphatic rings. The van der Waals surface area contributed by atoms with Crippen LogP contribution < -0.4 is 0 Å². The molecule has 0 unspecified atom stereocenters. The zero-order chi connectivity index (χ0) is 28.0. The Bertz CT molecular complexity index is 1700. The van der Waals surface area contributed by atoms with E-state index in [2.05, 4.69) is 136 Å². The fraction of sp³-hybridized carbons (Fsp3) is 0.167. The molecule has 198 valence electrons. The summed E-state index contributed by atoms with van der Waals surface area (Å²) in [6, 6.07) is 34.3. The molecule has 40 heavy (non-hydrogen) atoms. The van der Waals surface area contributed by atoms with E-state index >= 15 is 0 Å². The monoisotopic (exact) mass is 522 g/mol. The molecular weight excluding hydrogens is 488 g/mol. The normalized spacial score (nSPS) is 11.2. The largest absolute Gasteiger partial charge is 0.297 e. The Morgan fingerprint density at radius 2 is 0.825 bits per heavy atom. The van der Waals surface area contributed by atoms with Crippen LogP contribution in [-0.4, -0.2) is 19.1 Å². The second-order valence-electron chi connectivity index (χ2n) is 10.6. The van der Waals surface area contributed by atoms with E-state index in [0.29, 0.717) is 0 Å². The van der Waals surface area contributed by atoms with Gasteiger partial charge in [0, 0.05) is 33.9 Å². The fourth-order valence-electron chi connectivity index (χ4n) is 5.59. The number of rotatable bonds is 5. The van der Waals surface area contributed by atoms with Crippen LogP contribution in [0.2, 0.25) is 0 Å². The van der Waals surface area contributed by atoms with Crippen LogP contribution in [0.1, 0.15) is 33.9 Å². The van der Waals surface area contributed by atoms with Crippen LogP contribution in [0.4, 0.5) is 0 Å². The van der Waals surface area contributed by atoms with Crippen molar-refractivity contribution >= 4 is 0 Å². The summed E-state index contributed by atoms with van der Waals surface area (Å²) in [5, 5.41) is 0. The summed E-state index contributed by atoms with van der Waals surface area (Å²) >= 11 is 0. The van der Waals surface area contributed by atoms with Gasteiger partial charge in [-0.2, -0.15) is 0 Å². The highest BCUT2D eigenvalue weighted by Crippen LogP contribution is 2.34. The van der Waals surface area contributed by atoms with Crippen LogP contribution in [0.5, 0.6) is 0 Å². The number of aryl methyl sites for hydroxylation is 4. The van der Waals surface area contributed by atoms with Crippen LogP contribution in [-0.2, 0) is 0 Å². The summed E-state index contributed by atoms with van der Waals surface area (Å²) in [7, 11) is 0. The maximum absolute atomic E-state index is 4.91. The summed E-state index contributed by atoms with van der Waals surface area (Å²) in [5.41, 5.74) is 13.9. The molecule has 0 saturated heterocycles. The SMILES string of the molecule is Cc1cc(-n2c(-c3ccccc3)nc(C)c2C)ccc1-c1ccc(-n2c(-c3ccccc3)nc(C)c2C)cc1C. The highest BCUT2D eigenvalue weighted by molar-refractivity contribution is 5.74. The molecule has 6 aromatic rings. The molecular formula is C36H34N4. The summed E-state index contributed by atoms with van der Waals surface area (Å²) in [6.45, 7) is 12.8. The lowest BCUT2D eigenvalue weighted by Gasteiger charge is -2.17. The predicted octanol–water partition coefficient (Wildman–Crippen LogP) is 8.91. The molecule has 6 rings (SSSR count). The highest BCUT2D eigenvalue weighted by Gasteiger charge is 2.18. The van der Waals surface area contributed by atoms with Gasteiger partial charge in [-0.25, -0.2) is 9.97 Å². The number of nitrogens with zero attached hydrogens (tertiary/aromatic N) is 4. The van der Waals surface area contributed by atoms with Gasteiger partial charge in [0.2, 0.25) is 0 Å². The van der Waals surface area contributed by atoms with Crippen molar-refractivity contribution in [2.45, 2.75) is 41.5 Å². The molecule has 0 fully saturated rings. The van der Waals surface area contributed by atoms with E-state index in [1.165, 1.54) is 22.3 Å². The maximum atomic E-state index is 4.91. The predicted molar refractivity (Wildman–Crippen MR) is 165 cm³/mol. The van der Waals surface area contributed by atoms with Crippen LogP contribution in [0.15, 0.2) is 97.1 Å². The Hall–Kier alpha value is -4.70. The molecule has 0 aliphatic carbocycles. The van der Waals surface area contributed by atoms with E-state index in [1.54, 1.807) is 0 Å². The van der Waals surface area contributed by atoms with Gasteiger partial charge in [0.1, 0.15) is 11.6 Å². The Labute approximate surface area is 236 Å². The fourth-order valence-corrected chi connectivity index (χ4v) is 5.59. The molecule has 2 aromatic heterocycles. The van der Waals surface area contributed by atoms with E-state index in [4.69, 9.17) is 9.97 Å². The minimum atomic E-state index is 0.975. The van der Waals surface area contributed by atoms with Crippen molar-refractivity contribution in [3.05, 3.63) is 131 Å². The van der Waals surface area contributed by atoms with Crippen molar-refractivity contribution in [2.75, 3.05) is 0 Å². The summed E-state index contributed by atoms with van der Waals surface area (Å²) in [4.78, 5) is 9.83. The molecule has 2 heterocycles. The number of imidazole rings is 2. The summed E-state index contributed by atoms with van der Waals surface area (Å²) in [5.74, 6) is 1.95. The van der Waals surface area contributed by atoms with Crippen molar-refractivity contribution in [1.82, 2.24) is 19.1 Å². The van der Waals surface area contributed by atoms with Gasteiger partial charge in [0.15, 0.2) is 0 Å². The molecule has 0 saturated carbocycles. The Morgan fingerprint density at radius 1 is 0.450 bits per heavy atom. The minimum absolute atomic E-state index is 0.975. The minimum Gasteiger partial charge on any atom is -0.297 e. The topological polar surface area (TPSA) is 35.6 Å². The van der Waals surface area contributed by atoms with Crippen LogP contribution >= 0.6 is 0 Å². The molecule has 0 amide bonds. The standard InChI is InChI=1S/C36H34N4/c1-23-21-31(39-27(5)25(3)37-35(39)29-13-9-7-10-14-29)17-19-33(23)34-20-18-32(22-24(34)2)40-28(6)26(4)38-36(40)30-15-11-8-12-16-30/h7-22H,1-6H3. The van der Waals surface area contributed by atoms with E-state index in [1.807, 2.05) is 12.1 Å². The highest BCUT2D eigenvalue weighted by atomic mass is 15.1. The van der Waals surface area contributed by atoms with Crippen molar-refractivity contribution in [3.63, 3.8) is 0 Å². The molecule has 0 spiro atoms. The smallest absolute Gasteiger partial charge is 0.145 e. The van der Waals surface area contributed by atoms with Gasteiger partial charge >= 0.3 is 0 Å². The quantitative estimate of drug-likeness (QED) is 0.227. The van der Waals surface area contributed by atoms with Crippen molar-refractivity contribution in [1.29, 1.82) is 0 Å². The molecule has 0 bridgehead atoms. The molecule has 4 heteroatoms. The summed E-state index contributed by atoms with van der Waals surface area (Å²) < 4.78 is 4.54. The van der Waals surface area contributed by atoms with Gasteiger partial charge < -0.3 is 0 Å². The Balaban J connectivity index is 1.40. The van der Waals surface area contributed by atoms with Gasteiger partial charge in [-0.1, -0.05) is 72.8 Å². The van der Waals surface area contributed by atoms with E-state index in [9.17, 15) is 0 Å². The average molecular weight is 523 g/mol. The average Bonchev–Trinajstić information content (AvgIpc) is 3.44. The maximum Gasteiger partial charge on any atom is 0.145 e. The zero-order valence-electron chi connectivity index (χ0n) is 24.0. The van der Waals surface area contributed by atoms with Crippen molar-refractivity contribution in [2.24, 2.45) is 0 Å². The lowest BCUT2D eigenvalue weighted by molar-refractivity contribution is 1.00. The van der Waals surface area contributed by atoms with Gasteiger partial charge in [-0.3, -0.25) is 9.13 Å². The second-order valence-corrected chi connectivity index (χ2v) is 10.6. The van der Waals surface area contributed by atoms with Gasteiger partial charge in [-0.05, 0) is 88.1 Å². The zero-order valence-corrected chi connectivity index (χ0v) is 24.0. The third-order valence-electron chi connectivity index (χ3n) is 7.98. The van der Waals surface area contributed by atoms with Gasteiger partial charge in [-0.15, -0.1) is 0 Å². The second kappa shape index (κ2) is 10.1. The third-order valence-corrected chi connectivity index (χ3v) is 7.98. The first-order chi connectivity index (χ1) is 19.3. The van der Waals surface area contributed by atoms with E-state index in [-0.39, 0.29) is 0 Å². The van der Waals surface area contributed by atoms with Gasteiger partial charge in [0.25, 0.3) is 0 Å². The Morgan fingerprint density at radius 3 is 1.18 bits per heavy atom. The molecule has 0 radical (unpaired) electrons. The van der Waals surface area contributed by atoms with Crippen molar-refractivity contribution < 1.29 is 0 Å². The molecule has 0 aliphatic heterocycles. The number of aromatic nitrogens is 4. The van der Waals surface area contributed by atoms with E-state index < -0.39 is 0 Å². The Kier molecular flexibility index (Phi) is 6.47. The van der Waals surface area contributed by atoms with Crippen LogP contribution in [0.3, 0.4) is 0 Å². The first-order valence-electron chi connectivity index (χ1n) is 13.8. The molecule has 0 atom stereocenters. The molecule has 4 aromatic carbocycles. The van der Waals surface area contributed by atoms with Gasteiger partial charge in [0.05, 0.1) is 11.4 Å². The van der Waals surface area contributed by atoms with Crippen LogP contribution in [0, 0.1) is 41.5 Å². The van der Waals surface area contributed by atoms with Crippen molar-refractivity contribution in [3.8, 4) is 45.3 Å². The van der Waals surface area contributed by atoms with E-state index in [0.717, 1.165) is 56.9 Å². The van der Waals surface area contributed by atoms with Crippen LogP contribution in [0.25, 0.3) is 45.3 Å². The number of hydrogen-bond acceptors (Lipinski definition) is 2. The first-order valence-corrected chi connectivity index (χ1v) is 13.8. The lowest BCUT2D eigenvalue weighted by Crippen LogP contribution is -2.02. The third kappa shape index (κ3) is 4.36. The molecule has 0 N–H and O–H groups in total. The number of benzene rings is 4.